The third kappa shape index (κ3) is 1.84. The molecule has 0 aliphatic heterocycles. The maximum absolute atomic E-state index is 10.9. The maximum Gasteiger partial charge on any atom is 0.270 e. The van der Waals surface area contributed by atoms with E-state index < -0.39 is 0 Å². The number of hydrogen-bond acceptors (Lipinski definition) is 5. The highest BCUT2D eigenvalue weighted by Crippen LogP contribution is 2.45. The number of non-ortho nitro benzene ring substituents is 1. The summed E-state index contributed by atoms with van der Waals surface area (Å²) in [4.78, 5) is 10.5. The molecule has 0 fully saturated rings. The van der Waals surface area contributed by atoms with E-state index in [1.807, 2.05) is 24.3 Å². The van der Waals surface area contributed by atoms with Crippen LogP contribution in [0.25, 0.3) is 29.6 Å². The van der Waals surface area contributed by atoms with Crippen LogP contribution in [0.2, 0.25) is 0 Å². The molecule has 0 atom stereocenters. The van der Waals surface area contributed by atoms with E-state index in [0.717, 1.165) is 35.1 Å². The third-order valence-electron chi connectivity index (χ3n) is 3.52. The summed E-state index contributed by atoms with van der Waals surface area (Å²) in [5.74, 6) is 0. The molecule has 4 rings (SSSR count). The minimum absolute atomic E-state index is 0.0361. The fraction of sp³-hybridized carbons (Fsp3) is 0.0667. The van der Waals surface area contributed by atoms with Crippen molar-refractivity contribution in [3.05, 3.63) is 52.1 Å². The predicted molar refractivity (Wildman–Crippen MR) is 87.3 cm³/mol. The Morgan fingerprint density at radius 3 is 2.24 bits per heavy atom. The summed E-state index contributed by atoms with van der Waals surface area (Å²) in [5, 5.41) is 22.3. The number of nitro benzene ring substituents is 1. The first-order chi connectivity index (χ1) is 10.2. The van der Waals surface area contributed by atoms with Gasteiger partial charge in [-0.25, -0.2) is 0 Å². The number of aliphatic hydroxyl groups is 1. The van der Waals surface area contributed by atoms with Crippen LogP contribution < -0.4 is 0 Å². The van der Waals surface area contributed by atoms with Crippen LogP contribution in [-0.4, -0.2) is 10.0 Å². The van der Waals surface area contributed by atoms with Crippen LogP contribution in [0.15, 0.2) is 36.4 Å². The Hall–Kier alpha value is -2.02. The molecule has 0 saturated heterocycles. The van der Waals surface area contributed by atoms with Gasteiger partial charge in [-0.05, 0) is 17.7 Å². The number of thiophene rings is 2. The van der Waals surface area contributed by atoms with Crippen LogP contribution in [0.5, 0.6) is 0 Å². The van der Waals surface area contributed by atoms with Gasteiger partial charge in [0.15, 0.2) is 0 Å². The van der Waals surface area contributed by atoms with Gasteiger partial charge in [0.2, 0.25) is 0 Å². The monoisotopic (exact) mass is 315 g/mol. The summed E-state index contributed by atoms with van der Waals surface area (Å²) in [6.07, 6.45) is 0. The van der Waals surface area contributed by atoms with Crippen molar-refractivity contribution in [2.75, 3.05) is 0 Å². The molecule has 0 aliphatic rings. The van der Waals surface area contributed by atoms with E-state index in [1.54, 1.807) is 34.8 Å². The summed E-state index contributed by atoms with van der Waals surface area (Å²) < 4.78 is 4.41. The van der Waals surface area contributed by atoms with E-state index in [0.29, 0.717) is 0 Å². The van der Waals surface area contributed by atoms with Crippen molar-refractivity contribution in [2.45, 2.75) is 6.61 Å². The van der Waals surface area contributed by atoms with E-state index in [9.17, 15) is 15.2 Å². The molecule has 104 valence electrons. The molecule has 4 nitrogen and oxygen atoms in total. The highest BCUT2D eigenvalue weighted by atomic mass is 32.1. The molecule has 2 aromatic heterocycles. The van der Waals surface area contributed by atoms with Crippen LogP contribution in [-0.2, 0) is 6.61 Å². The first-order valence-corrected chi connectivity index (χ1v) is 7.93. The Morgan fingerprint density at radius 1 is 1.00 bits per heavy atom. The second-order valence-electron chi connectivity index (χ2n) is 4.79. The largest absolute Gasteiger partial charge is 0.392 e. The van der Waals surface area contributed by atoms with Crippen molar-refractivity contribution >= 4 is 57.9 Å². The second kappa shape index (κ2) is 4.49. The van der Waals surface area contributed by atoms with Crippen LogP contribution in [0.1, 0.15) is 5.56 Å². The lowest BCUT2D eigenvalue weighted by molar-refractivity contribution is -0.384. The minimum Gasteiger partial charge on any atom is -0.392 e. The summed E-state index contributed by atoms with van der Waals surface area (Å²) >= 11 is 3.26. The van der Waals surface area contributed by atoms with Gasteiger partial charge in [-0.15, -0.1) is 22.7 Å². The second-order valence-corrected chi connectivity index (χ2v) is 6.89. The van der Waals surface area contributed by atoms with E-state index in [2.05, 4.69) is 0 Å². The molecule has 0 radical (unpaired) electrons. The van der Waals surface area contributed by atoms with E-state index >= 15 is 0 Å². The van der Waals surface area contributed by atoms with Crippen molar-refractivity contribution in [1.29, 1.82) is 0 Å². The van der Waals surface area contributed by atoms with Gasteiger partial charge in [0, 0.05) is 32.3 Å². The quantitative estimate of drug-likeness (QED) is 0.432. The molecule has 0 unspecified atom stereocenters. The topological polar surface area (TPSA) is 63.4 Å². The highest BCUT2D eigenvalue weighted by molar-refractivity contribution is 7.36. The maximum atomic E-state index is 10.9. The summed E-state index contributed by atoms with van der Waals surface area (Å²) in [6.45, 7) is 0.0361. The number of nitrogens with zero attached hydrogens (tertiary/aromatic N) is 1. The van der Waals surface area contributed by atoms with Gasteiger partial charge < -0.3 is 5.11 Å². The van der Waals surface area contributed by atoms with Crippen molar-refractivity contribution in [1.82, 2.24) is 0 Å². The van der Waals surface area contributed by atoms with Gasteiger partial charge in [0.25, 0.3) is 5.69 Å². The van der Waals surface area contributed by atoms with Crippen molar-refractivity contribution in [3.63, 3.8) is 0 Å². The Bertz CT molecular complexity index is 1020. The normalized spacial score (nSPS) is 11.7. The summed E-state index contributed by atoms with van der Waals surface area (Å²) in [6, 6.07) is 11.0. The van der Waals surface area contributed by atoms with E-state index in [4.69, 9.17) is 0 Å². The fourth-order valence-electron chi connectivity index (χ4n) is 2.50. The average molecular weight is 315 g/mol. The van der Waals surface area contributed by atoms with Crippen LogP contribution in [0, 0.1) is 10.1 Å². The lowest BCUT2D eigenvalue weighted by atomic mass is 10.2. The minimum atomic E-state index is -0.362. The number of aliphatic hydroxyl groups excluding tert-OH is 1. The molecule has 1 N–H and O–H groups in total. The first kappa shape index (κ1) is 12.7. The molecule has 2 heterocycles. The van der Waals surface area contributed by atoms with Gasteiger partial charge in [-0.3, -0.25) is 10.1 Å². The molecule has 2 aromatic carbocycles. The van der Waals surface area contributed by atoms with Gasteiger partial charge >= 0.3 is 0 Å². The Morgan fingerprint density at radius 2 is 1.62 bits per heavy atom. The molecule has 21 heavy (non-hydrogen) atoms. The zero-order valence-electron chi connectivity index (χ0n) is 10.7. The van der Waals surface area contributed by atoms with E-state index in [-0.39, 0.29) is 17.2 Å². The van der Waals surface area contributed by atoms with Crippen molar-refractivity contribution < 1.29 is 10.0 Å². The molecule has 4 aromatic rings. The molecule has 0 saturated carbocycles. The third-order valence-corrected chi connectivity index (χ3v) is 6.03. The molecular formula is C15H9NO3S2. The Kier molecular flexibility index (Phi) is 2.72. The number of benzene rings is 2. The zero-order valence-corrected chi connectivity index (χ0v) is 12.3. The van der Waals surface area contributed by atoms with Crippen molar-refractivity contribution in [2.24, 2.45) is 0 Å². The number of hydrogen-bond donors (Lipinski definition) is 1. The first-order valence-electron chi connectivity index (χ1n) is 6.30. The predicted octanol–water partition coefficient (Wildman–Crippen LogP) is 4.67. The van der Waals surface area contributed by atoms with Gasteiger partial charge in [0.1, 0.15) is 0 Å². The van der Waals surface area contributed by atoms with Crippen molar-refractivity contribution in [3.8, 4) is 0 Å². The zero-order chi connectivity index (χ0) is 14.6. The number of fused-ring (bicyclic) bond motifs is 5. The number of nitro groups is 1. The standard InChI is InChI=1S/C15H9NO3S2/c17-7-8-1-3-10-12(5-8)20-15-11-4-2-9(16(18)19)6-13(11)21-14(10)15/h1-6,17H,7H2. The summed E-state index contributed by atoms with van der Waals surface area (Å²) in [5.41, 5.74) is 1.03. The molecule has 0 amide bonds. The SMILES string of the molecule is O=[N+]([O-])c1ccc2c(c1)sc1c3ccc(CO)cc3sc21. The molecule has 6 heteroatoms. The Balaban J connectivity index is 2.06. The molecule has 0 bridgehead atoms. The molecular weight excluding hydrogens is 306 g/mol. The van der Waals surface area contributed by atoms with Gasteiger partial charge in [0.05, 0.1) is 20.9 Å². The van der Waals surface area contributed by atoms with Crippen LogP contribution in [0.3, 0.4) is 0 Å². The average Bonchev–Trinajstić information content (AvgIpc) is 3.01. The lowest BCUT2D eigenvalue weighted by Crippen LogP contribution is -1.85. The van der Waals surface area contributed by atoms with Crippen LogP contribution in [0.4, 0.5) is 5.69 Å². The summed E-state index contributed by atoms with van der Waals surface area (Å²) in [7, 11) is 0. The smallest absolute Gasteiger partial charge is 0.270 e. The fourth-order valence-corrected chi connectivity index (χ4v) is 5.25. The van der Waals surface area contributed by atoms with Crippen LogP contribution >= 0.6 is 22.7 Å². The lowest BCUT2D eigenvalue weighted by Gasteiger charge is -1.95. The molecule has 0 aliphatic carbocycles. The molecule has 0 spiro atoms. The Labute approximate surface area is 127 Å². The highest BCUT2D eigenvalue weighted by Gasteiger charge is 2.15. The van der Waals surface area contributed by atoms with Gasteiger partial charge in [-0.1, -0.05) is 12.1 Å². The number of rotatable bonds is 2. The van der Waals surface area contributed by atoms with Gasteiger partial charge in [-0.2, -0.15) is 0 Å². The van der Waals surface area contributed by atoms with E-state index in [1.165, 1.54) is 0 Å².